The molecule has 0 amide bonds. The monoisotopic (exact) mass is 315 g/mol. The van der Waals surface area contributed by atoms with Crippen LogP contribution in [0, 0.1) is 5.82 Å². The number of hydrogen-bond acceptors (Lipinski definition) is 4. The number of aromatic nitrogens is 1. The van der Waals surface area contributed by atoms with Crippen molar-refractivity contribution < 1.29 is 13.9 Å². The molecule has 0 aliphatic heterocycles. The Morgan fingerprint density at radius 2 is 2.29 bits per heavy atom. The van der Waals surface area contributed by atoms with Crippen LogP contribution in [-0.4, -0.2) is 18.1 Å². The largest absolute Gasteiger partial charge is 0.464 e. The van der Waals surface area contributed by atoms with Crippen LogP contribution < -0.4 is 0 Å². The van der Waals surface area contributed by atoms with Gasteiger partial charge in [-0.25, -0.2) is 14.2 Å². The van der Waals surface area contributed by atoms with E-state index in [1.54, 1.807) is 17.5 Å². The van der Waals surface area contributed by atoms with E-state index >= 15 is 0 Å². The van der Waals surface area contributed by atoms with Crippen molar-refractivity contribution in [3.05, 3.63) is 38.9 Å². The fourth-order valence-electron chi connectivity index (χ4n) is 1.27. The third-order valence-corrected chi connectivity index (χ3v) is 3.38. The van der Waals surface area contributed by atoms with Gasteiger partial charge in [0.1, 0.15) is 5.82 Å². The van der Waals surface area contributed by atoms with Crippen LogP contribution in [0.2, 0.25) is 0 Å². The number of thiazole rings is 1. The quantitative estimate of drug-likeness (QED) is 0.796. The molecule has 0 N–H and O–H groups in total. The van der Waals surface area contributed by atoms with Crippen LogP contribution in [0.1, 0.15) is 9.80 Å². The van der Waals surface area contributed by atoms with E-state index in [0.717, 1.165) is 15.8 Å². The average Bonchev–Trinajstić information content (AvgIpc) is 2.80. The summed E-state index contributed by atoms with van der Waals surface area (Å²) in [5.41, 5.74) is 0.778. The van der Waals surface area contributed by atoms with E-state index in [0.29, 0.717) is 11.3 Å². The van der Waals surface area contributed by atoms with Gasteiger partial charge in [-0.05, 0) is 18.2 Å². The third-order valence-electron chi connectivity index (χ3n) is 2.07. The first-order chi connectivity index (χ1) is 8.11. The highest BCUT2D eigenvalue weighted by atomic mass is 79.9. The van der Waals surface area contributed by atoms with Crippen LogP contribution in [0.15, 0.2) is 28.1 Å². The van der Waals surface area contributed by atoms with E-state index in [1.165, 1.54) is 13.2 Å². The standard InChI is InChI=1S/C11H7BrFNO2S/c1-16-11(15)10-14-9(5-17-10)7-4-6(12)2-3-8(7)13/h2-5H,1H3. The molecule has 2 rings (SSSR count). The molecular formula is C11H7BrFNO2S. The molecule has 0 aliphatic carbocycles. The lowest BCUT2D eigenvalue weighted by molar-refractivity contribution is 0.0600. The smallest absolute Gasteiger partial charge is 0.367 e. The van der Waals surface area contributed by atoms with Gasteiger partial charge in [-0.15, -0.1) is 11.3 Å². The summed E-state index contributed by atoms with van der Waals surface area (Å²) in [5.74, 6) is -0.897. The number of carbonyl (C=O) groups excluding carboxylic acids is 1. The zero-order valence-corrected chi connectivity index (χ0v) is 11.1. The normalized spacial score (nSPS) is 10.3. The van der Waals surface area contributed by atoms with Crippen LogP contribution in [0.4, 0.5) is 4.39 Å². The molecule has 0 fully saturated rings. The lowest BCUT2D eigenvalue weighted by atomic mass is 10.1. The molecule has 2 aromatic rings. The van der Waals surface area contributed by atoms with Gasteiger partial charge in [-0.1, -0.05) is 15.9 Å². The van der Waals surface area contributed by atoms with Gasteiger partial charge in [0.05, 0.1) is 12.8 Å². The maximum atomic E-state index is 13.6. The fourth-order valence-corrected chi connectivity index (χ4v) is 2.37. The van der Waals surface area contributed by atoms with Crippen molar-refractivity contribution >= 4 is 33.2 Å². The molecule has 3 nitrogen and oxygen atoms in total. The number of nitrogens with zero attached hydrogens (tertiary/aromatic N) is 1. The molecule has 0 saturated heterocycles. The summed E-state index contributed by atoms with van der Waals surface area (Å²) in [6.45, 7) is 0. The van der Waals surface area contributed by atoms with Gasteiger partial charge in [-0.3, -0.25) is 0 Å². The molecule has 0 saturated carbocycles. The molecule has 6 heteroatoms. The van der Waals surface area contributed by atoms with Gasteiger partial charge in [-0.2, -0.15) is 0 Å². The molecule has 0 bridgehead atoms. The fraction of sp³-hybridized carbons (Fsp3) is 0.0909. The molecular weight excluding hydrogens is 309 g/mol. The maximum Gasteiger partial charge on any atom is 0.367 e. The summed E-state index contributed by atoms with van der Waals surface area (Å²) < 4.78 is 18.9. The van der Waals surface area contributed by atoms with Gasteiger partial charge in [0.25, 0.3) is 0 Å². The van der Waals surface area contributed by atoms with Crippen LogP contribution >= 0.6 is 27.3 Å². The molecule has 1 aromatic carbocycles. The minimum Gasteiger partial charge on any atom is -0.464 e. The van der Waals surface area contributed by atoms with Crippen molar-refractivity contribution in [2.45, 2.75) is 0 Å². The second kappa shape index (κ2) is 4.93. The molecule has 0 unspecified atom stereocenters. The number of carbonyl (C=O) groups is 1. The Hall–Kier alpha value is -1.27. The molecule has 1 aromatic heterocycles. The van der Waals surface area contributed by atoms with E-state index in [2.05, 4.69) is 25.7 Å². The molecule has 1 heterocycles. The number of esters is 1. The molecule has 88 valence electrons. The Kier molecular flexibility index (Phi) is 3.54. The Balaban J connectivity index is 2.43. The minimum absolute atomic E-state index is 0.210. The van der Waals surface area contributed by atoms with Crippen LogP contribution in [0.3, 0.4) is 0 Å². The lowest BCUT2D eigenvalue weighted by Crippen LogP contribution is -2.00. The van der Waals surface area contributed by atoms with Crippen molar-refractivity contribution in [3.8, 4) is 11.3 Å². The molecule has 17 heavy (non-hydrogen) atoms. The van der Waals surface area contributed by atoms with Crippen LogP contribution in [0.25, 0.3) is 11.3 Å². The number of benzene rings is 1. The Labute approximate surface area is 109 Å². The van der Waals surface area contributed by atoms with Crippen LogP contribution in [0.5, 0.6) is 0 Å². The third kappa shape index (κ3) is 2.53. The Bertz CT molecular complexity index is 570. The lowest BCUT2D eigenvalue weighted by Gasteiger charge is -1.99. The van der Waals surface area contributed by atoms with E-state index in [-0.39, 0.29) is 10.8 Å². The van der Waals surface area contributed by atoms with Crippen molar-refractivity contribution in [2.75, 3.05) is 7.11 Å². The minimum atomic E-state index is -0.517. The first kappa shape index (κ1) is 12.2. The topological polar surface area (TPSA) is 39.2 Å². The first-order valence-corrected chi connectivity index (χ1v) is 6.28. The summed E-state index contributed by atoms with van der Waals surface area (Å²) in [4.78, 5) is 15.3. The van der Waals surface area contributed by atoms with E-state index in [9.17, 15) is 9.18 Å². The predicted octanol–water partition coefficient (Wildman–Crippen LogP) is 3.50. The second-order valence-corrected chi connectivity index (χ2v) is 4.93. The highest BCUT2D eigenvalue weighted by Crippen LogP contribution is 2.27. The number of hydrogen-bond donors (Lipinski definition) is 0. The number of ether oxygens (including phenoxy) is 1. The summed E-state index contributed by atoms with van der Waals surface area (Å²) in [7, 11) is 1.28. The van der Waals surface area contributed by atoms with Gasteiger partial charge in [0.2, 0.25) is 5.01 Å². The molecule has 0 atom stereocenters. The van der Waals surface area contributed by atoms with E-state index in [1.807, 2.05) is 0 Å². The van der Waals surface area contributed by atoms with Gasteiger partial charge >= 0.3 is 5.97 Å². The van der Waals surface area contributed by atoms with Crippen molar-refractivity contribution in [1.82, 2.24) is 4.98 Å². The van der Waals surface area contributed by atoms with Gasteiger partial charge in [0.15, 0.2) is 0 Å². The molecule has 0 aliphatic rings. The SMILES string of the molecule is COC(=O)c1nc(-c2cc(Br)ccc2F)cs1. The number of methoxy groups -OCH3 is 1. The number of rotatable bonds is 2. The predicted molar refractivity (Wildman–Crippen MR) is 66.5 cm³/mol. The van der Waals surface area contributed by atoms with E-state index < -0.39 is 5.97 Å². The maximum absolute atomic E-state index is 13.6. The zero-order chi connectivity index (χ0) is 12.4. The summed E-state index contributed by atoms with van der Waals surface area (Å²) in [6, 6.07) is 4.56. The van der Waals surface area contributed by atoms with Gasteiger partial charge in [0, 0.05) is 15.4 Å². The van der Waals surface area contributed by atoms with Crippen molar-refractivity contribution in [2.24, 2.45) is 0 Å². The van der Waals surface area contributed by atoms with E-state index in [4.69, 9.17) is 0 Å². The van der Waals surface area contributed by atoms with Crippen molar-refractivity contribution in [1.29, 1.82) is 0 Å². The zero-order valence-electron chi connectivity index (χ0n) is 8.74. The Morgan fingerprint density at radius 3 is 3.00 bits per heavy atom. The summed E-state index contributed by atoms with van der Waals surface area (Å²) in [5, 5.41) is 1.83. The average molecular weight is 316 g/mol. The van der Waals surface area contributed by atoms with Crippen molar-refractivity contribution in [3.63, 3.8) is 0 Å². The highest BCUT2D eigenvalue weighted by Gasteiger charge is 2.14. The van der Waals surface area contributed by atoms with Gasteiger partial charge < -0.3 is 4.74 Å². The molecule has 0 radical (unpaired) electrons. The van der Waals surface area contributed by atoms with Crippen LogP contribution in [-0.2, 0) is 4.74 Å². The second-order valence-electron chi connectivity index (χ2n) is 3.15. The Morgan fingerprint density at radius 1 is 1.53 bits per heavy atom. The highest BCUT2D eigenvalue weighted by molar-refractivity contribution is 9.10. The summed E-state index contributed by atoms with van der Waals surface area (Å²) >= 11 is 4.38. The number of halogens is 2. The summed E-state index contributed by atoms with van der Waals surface area (Å²) in [6.07, 6.45) is 0. The molecule has 0 spiro atoms. The first-order valence-electron chi connectivity index (χ1n) is 4.61.